The Bertz CT molecular complexity index is 110. The van der Waals surface area contributed by atoms with Crippen LogP contribution >= 0.6 is 0 Å². The Balaban J connectivity index is 3.58. The van der Waals surface area contributed by atoms with Gasteiger partial charge in [0, 0.05) is 6.54 Å². The van der Waals surface area contributed by atoms with E-state index >= 15 is 0 Å². The Hall–Kier alpha value is -0.340. The average molecular weight is 156 g/mol. The Kier molecular flexibility index (Phi) is 6.18. The summed E-state index contributed by atoms with van der Waals surface area (Å²) in [5.41, 5.74) is 12.1. The molecule has 2 nitrogen and oxygen atoms in total. The van der Waals surface area contributed by atoms with Crippen LogP contribution in [0, 0.1) is 5.92 Å². The third-order valence-corrected chi connectivity index (χ3v) is 1.90. The summed E-state index contributed by atoms with van der Waals surface area (Å²) >= 11 is 0. The van der Waals surface area contributed by atoms with Crippen molar-refractivity contribution in [3.8, 4) is 0 Å². The second kappa shape index (κ2) is 6.38. The minimum Gasteiger partial charge on any atom is -0.330 e. The number of hydrogen-bond donors (Lipinski definition) is 2. The SMILES string of the molecule is C=C(CN)C[C@@H](CN)CCC. The van der Waals surface area contributed by atoms with E-state index in [1.165, 1.54) is 12.8 Å². The van der Waals surface area contributed by atoms with Crippen molar-refractivity contribution in [3.05, 3.63) is 12.2 Å². The molecular weight excluding hydrogens is 136 g/mol. The van der Waals surface area contributed by atoms with E-state index in [1.54, 1.807) is 0 Å². The maximum atomic E-state index is 5.58. The lowest BCUT2D eigenvalue weighted by Crippen LogP contribution is -2.16. The predicted octanol–water partition coefficient (Wildman–Crippen LogP) is 1.27. The van der Waals surface area contributed by atoms with Gasteiger partial charge in [0.2, 0.25) is 0 Å². The Labute approximate surface area is 69.6 Å². The first kappa shape index (κ1) is 10.7. The van der Waals surface area contributed by atoms with Crippen LogP contribution in [0.5, 0.6) is 0 Å². The van der Waals surface area contributed by atoms with Gasteiger partial charge in [0.15, 0.2) is 0 Å². The normalized spacial score (nSPS) is 13.0. The molecule has 0 aromatic rings. The smallest absolute Gasteiger partial charge is 0.0134 e. The third kappa shape index (κ3) is 4.99. The zero-order chi connectivity index (χ0) is 8.69. The van der Waals surface area contributed by atoms with Crippen molar-refractivity contribution in [2.75, 3.05) is 13.1 Å². The van der Waals surface area contributed by atoms with E-state index in [4.69, 9.17) is 11.5 Å². The van der Waals surface area contributed by atoms with Gasteiger partial charge >= 0.3 is 0 Å². The van der Waals surface area contributed by atoms with E-state index in [0.29, 0.717) is 12.5 Å². The van der Waals surface area contributed by atoms with Crippen LogP contribution < -0.4 is 11.5 Å². The van der Waals surface area contributed by atoms with Crippen molar-refractivity contribution in [1.82, 2.24) is 0 Å². The molecular formula is C9H20N2. The predicted molar refractivity (Wildman–Crippen MR) is 50.3 cm³/mol. The number of rotatable bonds is 6. The lowest BCUT2D eigenvalue weighted by Gasteiger charge is -2.13. The summed E-state index contributed by atoms with van der Waals surface area (Å²) in [6.45, 7) is 7.39. The van der Waals surface area contributed by atoms with E-state index in [9.17, 15) is 0 Å². The lowest BCUT2D eigenvalue weighted by atomic mass is 9.96. The Morgan fingerprint density at radius 3 is 2.45 bits per heavy atom. The van der Waals surface area contributed by atoms with Crippen LogP contribution in [0.3, 0.4) is 0 Å². The topological polar surface area (TPSA) is 52.0 Å². The summed E-state index contributed by atoms with van der Waals surface area (Å²) in [6, 6.07) is 0. The van der Waals surface area contributed by atoms with E-state index in [2.05, 4.69) is 13.5 Å². The minimum atomic E-state index is 0.594. The molecule has 0 heterocycles. The monoisotopic (exact) mass is 156 g/mol. The van der Waals surface area contributed by atoms with Gasteiger partial charge in [0.1, 0.15) is 0 Å². The van der Waals surface area contributed by atoms with Gasteiger partial charge in [0.05, 0.1) is 0 Å². The molecule has 0 rings (SSSR count). The summed E-state index contributed by atoms with van der Waals surface area (Å²) in [7, 11) is 0. The molecule has 11 heavy (non-hydrogen) atoms. The molecule has 0 fully saturated rings. The molecule has 0 radical (unpaired) electrons. The largest absolute Gasteiger partial charge is 0.330 e. The maximum absolute atomic E-state index is 5.58. The summed E-state index contributed by atoms with van der Waals surface area (Å²) in [4.78, 5) is 0. The third-order valence-electron chi connectivity index (χ3n) is 1.90. The van der Waals surface area contributed by atoms with Crippen LogP contribution in [0.2, 0.25) is 0 Å². The van der Waals surface area contributed by atoms with Crippen LogP contribution in [0.15, 0.2) is 12.2 Å². The van der Waals surface area contributed by atoms with Crippen molar-refractivity contribution >= 4 is 0 Å². The molecule has 0 aromatic carbocycles. The van der Waals surface area contributed by atoms with E-state index in [0.717, 1.165) is 18.5 Å². The van der Waals surface area contributed by atoms with Crippen LogP contribution in [0.4, 0.5) is 0 Å². The molecule has 0 saturated carbocycles. The molecule has 0 saturated heterocycles. The molecule has 0 amide bonds. The number of nitrogens with two attached hydrogens (primary N) is 2. The van der Waals surface area contributed by atoms with Crippen molar-refractivity contribution in [2.24, 2.45) is 17.4 Å². The molecule has 2 heteroatoms. The standard InChI is InChI=1S/C9H20N2/c1-3-4-9(7-11)5-8(2)6-10/h9H,2-7,10-11H2,1H3/t9-/m0/s1. The van der Waals surface area contributed by atoms with E-state index in [1.807, 2.05) is 0 Å². The fourth-order valence-electron chi connectivity index (χ4n) is 1.20. The molecule has 0 aromatic heterocycles. The molecule has 0 aliphatic rings. The van der Waals surface area contributed by atoms with Crippen molar-refractivity contribution in [2.45, 2.75) is 26.2 Å². The van der Waals surface area contributed by atoms with Crippen LogP contribution in [-0.4, -0.2) is 13.1 Å². The van der Waals surface area contributed by atoms with Gasteiger partial charge in [-0.1, -0.05) is 25.5 Å². The van der Waals surface area contributed by atoms with Gasteiger partial charge in [-0.15, -0.1) is 0 Å². The van der Waals surface area contributed by atoms with Gasteiger partial charge in [-0.25, -0.2) is 0 Å². The molecule has 66 valence electrons. The van der Waals surface area contributed by atoms with E-state index < -0.39 is 0 Å². The van der Waals surface area contributed by atoms with Gasteiger partial charge in [-0.2, -0.15) is 0 Å². The molecule has 0 spiro atoms. The molecule has 1 atom stereocenters. The highest BCUT2D eigenvalue weighted by Gasteiger charge is 2.05. The maximum Gasteiger partial charge on any atom is 0.0134 e. The van der Waals surface area contributed by atoms with Gasteiger partial charge < -0.3 is 11.5 Å². The fourth-order valence-corrected chi connectivity index (χ4v) is 1.20. The van der Waals surface area contributed by atoms with Crippen molar-refractivity contribution in [3.63, 3.8) is 0 Å². The summed E-state index contributed by atoms with van der Waals surface area (Å²) in [5, 5.41) is 0. The lowest BCUT2D eigenvalue weighted by molar-refractivity contribution is 0.484. The average Bonchev–Trinajstić information content (AvgIpc) is 2.03. The van der Waals surface area contributed by atoms with Crippen molar-refractivity contribution < 1.29 is 0 Å². The number of hydrogen-bond acceptors (Lipinski definition) is 2. The fraction of sp³-hybridized carbons (Fsp3) is 0.778. The summed E-state index contributed by atoms with van der Waals surface area (Å²) in [5.74, 6) is 0.594. The van der Waals surface area contributed by atoms with Crippen LogP contribution in [-0.2, 0) is 0 Å². The molecule has 4 N–H and O–H groups in total. The highest BCUT2D eigenvalue weighted by atomic mass is 14.6. The Morgan fingerprint density at radius 1 is 1.45 bits per heavy atom. The zero-order valence-corrected chi connectivity index (χ0v) is 7.47. The highest BCUT2D eigenvalue weighted by Crippen LogP contribution is 2.13. The van der Waals surface area contributed by atoms with Crippen LogP contribution in [0.25, 0.3) is 0 Å². The first-order chi connectivity index (χ1) is 5.24. The second-order valence-electron chi connectivity index (χ2n) is 3.05. The minimum absolute atomic E-state index is 0.594. The second-order valence-corrected chi connectivity index (χ2v) is 3.05. The molecule has 0 aliphatic carbocycles. The summed E-state index contributed by atoms with van der Waals surface area (Å²) in [6.07, 6.45) is 3.38. The van der Waals surface area contributed by atoms with Crippen molar-refractivity contribution in [1.29, 1.82) is 0 Å². The first-order valence-corrected chi connectivity index (χ1v) is 4.31. The Morgan fingerprint density at radius 2 is 2.09 bits per heavy atom. The molecule has 0 unspecified atom stereocenters. The van der Waals surface area contributed by atoms with Crippen LogP contribution in [0.1, 0.15) is 26.2 Å². The van der Waals surface area contributed by atoms with E-state index in [-0.39, 0.29) is 0 Å². The zero-order valence-electron chi connectivity index (χ0n) is 7.47. The molecule has 0 bridgehead atoms. The molecule has 0 aliphatic heterocycles. The van der Waals surface area contributed by atoms with Gasteiger partial charge in [-0.3, -0.25) is 0 Å². The quantitative estimate of drug-likeness (QED) is 0.569. The summed E-state index contributed by atoms with van der Waals surface area (Å²) < 4.78 is 0. The van der Waals surface area contributed by atoms with Gasteiger partial charge in [0.25, 0.3) is 0 Å². The highest BCUT2D eigenvalue weighted by molar-refractivity contribution is 4.97. The first-order valence-electron chi connectivity index (χ1n) is 4.31. The van der Waals surface area contributed by atoms with Gasteiger partial charge in [-0.05, 0) is 25.3 Å².